The average Bonchev–Trinajstić information content (AvgIpc) is 2.66. The maximum absolute atomic E-state index is 12.7. The Labute approximate surface area is 169 Å². The van der Waals surface area contributed by atoms with Gasteiger partial charge in [-0.25, -0.2) is 4.79 Å². The minimum atomic E-state index is -1.48. The number of aliphatic carboxylic acids is 1. The average molecular weight is 421 g/mol. The fourth-order valence-electron chi connectivity index (χ4n) is 3.24. The van der Waals surface area contributed by atoms with Crippen LogP contribution in [0, 0.1) is 0 Å². The smallest absolute Gasteiger partial charge is 0.352 e. The monoisotopic (exact) mass is 420 g/mol. The van der Waals surface area contributed by atoms with Crippen LogP contribution in [0.1, 0.15) is 5.56 Å². The number of nitrogens with one attached hydrogen (secondary N) is 1. The zero-order valence-corrected chi connectivity index (χ0v) is 16.6. The van der Waals surface area contributed by atoms with Gasteiger partial charge in [0.25, 0.3) is 5.91 Å². The molecular formula is C19H20N2O5S2. The first-order chi connectivity index (χ1) is 13.4. The molecule has 3 rings (SSSR count). The van der Waals surface area contributed by atoms with Gasteiger partial charge in [-0.3, -0.25) is 18.7 Å². The third-order valence-electron chi connectivity index (χ3n) is 4.44. The van der Waals surface area contributed by atoms with Crippen LogP contribution >= 0.6 is 11.8 Å². The highest BCUT2D eigenvalue weighted by Crippen LogP contribution is 2.35. The second kappa shape index (κ2) is 8.74. The van der Waals surface area contributed by atoms with Crippen LogP contribution in [-0.2, 0) is 31.6 Å². The lowest BCUT2D eigenvalue weighted by atomic mass is 10.0. The normalized spacial score (nSPS) is 23.6. The molecule has 1 saturated heterocycles. The molecule has 3 atom stereocenters. The lowest BCUT2D eigenvalue weighted by Gasteiger charge is -2.49. The van der Waals surface area contributed by atoms with Crippen LogP contribution < -0.4 is 5.32 Å². The van der Waals surface area contributed by atoms with Crippen LogP contribution in [-0.4, -0.2) is 60.7 Å². The van der Waals surface area contributed by atoms with Crippen molar-refractivity contribution in [2.24, 2.45) is 0 Å². The van der Waals surface area contributed by atoms with Crippen molar-refractivity contribution in [2.45, 2.75) is 17.8 Å². The molecule has 0 aromatic heterocycles. The van der Waals surface area contributed by atoms with Crippen molar-refractivity contribution in [2.75, 3.05) is 17.3 Å². The Balaban J connectivity index is 1.74. The summed E-state index contributed by atoms with van der Waals surface area (Å²) < 4.78 is 12.7. The molecule has 0 radical (unpaired) electrons. The van der Waals surface area contributed by atoms with Crippen molar-refractivity contribution in [1.82, 2.24) is 10.2 Å². The molecule has 1 fully saturated rings. The number of amides is 2. The van der Waals surface area contributed by atoms with Crippen molar-refractivity contribution >= 4 is 40.3 Å². The van der Waals surface area contributed by atoms with Crippen LogP contribution in [0.2, 0.25) is 0 Å². The second-order valence-electron chi connectivity index (χ2n) is 6.39. The minimum Gasteiger partial charge on any atom is -0.477 e. The first-order valence-electron chi connectivity index (χ1n) is 8.61. The highest BCUT2D eigenvalue weighted by molar-refractivity contribution is 7.99. The molecule has 2 aliphatic rings. The number of hydrogen-bond acceptors (Lipinski definition) is 5. The standard InChI is InChI=1S/C19H20N2O5S2/c1-2-8-27-10-13-11-28(26)18-15(17(23)21(18)16(13)19(24)25)20-14(22)9-12-6-4-3-5-7-12/h2-7,15,18H,1,8-11H2,(H,20,22)(H,24,25)/t15?,18-,28?/m0/s1. The topological polar surface area (TPSA) is 104 Å². The predicted molar refractivity (Wildman–Crippen MR) is 108 cm³/mol. The van der Waals surface area contributed by atoms with E-state index in [-0.39, 0.29) is 23.8 Å². The number of carbonyl (C=O) groups is 3. The summed E-state index contributed by atoms with van der Waals surface area (Å²) in [5.74, 6) is -1.07. The number of β-lactam (4-membered cyclic amide) rings is 1. The molecule has 1 aromatic rings. The molecule has 1 aromatic carbocycles. The molecular weight excluding hydrogens is 400 g/mol. The largest absolute Gasteiger partial charge is 0.477 e. The van der Waals surface area contributed by atoms with Crippen LogP contribution in [0.15, 0.2) is 54.3 Å². The van der Waals surface area contributed by atoms with Gasteiger partial charge in [0.2, 0.25) is 5.91 Å². The van der Waals surface area contributed by atoms with E-state index in [1.807, 2.05) is 18.2 Å². The lowest BCUT2D eigenvalue weighted by Crippen LogP contribution is -2.73. The van der Waals surface area contributed by atoms with Crippen LogP contribution in [0.5, 0.6) is 0 Å². The first-order valence-corrected chi connectivity index (χ1v) is 11.1. The summed E-state index contributed by atoms with van der Waals surface area (Å²) in [4.78, 5) is 37.7. The van der Waals surface area contributed by atoms with E-state index in [1.165, 1.54) is 11.8 Å². The summed E-state index contributed by atoms with van der Waals surface area (Å²) in [5, 5.41) is 11.4. The SMILES string of the molecule is C=CCSCC1=C(C(=O)O)N2C(=O)C(NC(=O)Cc3ccccc3)[C@@H]2S(=O)C1. The van der Waals surface area contributed by atoms with Crippen molar-refractivity contribution < 1.29 is 23.7 Å². The Kier molecular flexibility index (Phi) is 6.35. The summed E-state index contributed by atoms with van der Waals surface area (Å²) in [6, 6.07) is 8.09. The molecule has 7 nitrogen and oxygen atoms in total. The molecule has 0 aliphatic carbocycles. The molecule has 148 valence electrons. The number of hydrogen-bond donors (Lipinski definition) is 2. The second-order valence-corrected chi connectivity index (χ2v) is 8.96. The van der Waals surface area contributed by atoms with E-state index in [1.54, 1.807) is 18.2 Å². The summed E-state index contributed by atoms with van der Waals surface area (Å²) in [6.45, 7) is 3.61. The van der Waals surface area contributed by atoms with Crippen LogP contribution in [0.3, 0.4) is 0 Å². The number of carboxylic acid groups (broad SMARTS) is 1. The highest BCUT2D eigenvalue weighted by Gasteiger charge is 2.57. The summed E-state index contributed by atoms with van der Waals surface area (Å²) >= 11 is 1.44. The van der Waals surface area contributed by atoms with Crippen LogP contribution in [0.4, 0.5) is 0 Å². The molecule has 2 heterocycles. The van der Waals surface area contributed by atoms with Gasteiger partial charge in [0, 0.05) is 11.5 Å². The molecule has 2 aliphatic heterocycles. The maximum Gasteiger partial charge on any atom is 0.352 e. The molecule has 0 bridgehead atoms. The number of nitrogens with zero attached hydrogens (tertiary/aromatic N) is 1. The third-order valence-corrected chi connectivity index (χ3v) is 7.12. The zero-order valence-electron chi connectivity index (χ0n) is 15.0. The van der Waals surface area contributed by atoms with E-state index in [4.69, 9.17) is 0 Å². The van der Waals surface area contributed by atoms with E-state index in [0.29, 0.717) is 17.1 Å². The quantitative estimate of drug-likeness (QED) is 0.368. The van der Waals surface area contributed by atoms with Crippen molar-refractivity contribution in [3.8, 4) is 0 Å². The number of fused-ring (bicyclic) bond motifs is 1. The summed E-state index contributed by atoms with van der Waals surface area (Å²) in [5.41, 5.74) is 1.15. The molecule has 0 spiro atoms. The Morgan fingerprint density at radius 3 is 2.71 bits per heavy atom. The third kappa shape index (κ3) is 4.05. The number of thioether (sulfide) groups is 1. The van der Waals surface area contributed by atoms with Crippen molar-refractivity contribution in [3.63, 3.8) is 0 Å². The lowest BCUT2D eigenvalue weighted by molar-refractivity contribution is -0.150. The van der Waals surface area contributed by atoms with Gasteiger partial charge in [0.15, 0.2) is 0 Å². The van der Waals surface area contributed by atoms with E-state index in [2.05, 4.69) is 11.9 Å². The van der Waals surface area contributed by atoms with Gasteiger partial charge >= 0.3 is 5.97 Å². The van der Waals surface area contributed by atoms with Crippen molar-refractivity contribution in [3.05, 3.63) is 59.8 Å². The van der Waals surface area contributed by atoms with Gasteiger partial charge in [-0.15, -0.1) is 6.58 Å². The predicted octanol–water partition coefficient (Wildman–Crippen LogP) is 0.902. The summed E-state index contributed by atoms with van der Waals surface area (Å²) in [6.07, 6.45) is 1.79. The maximum atomic E-state index is 12.7. The Hall–Kier alpha value is -2.39. The Morgan fingerprint density at radius 1 is 1.36 bits per heavy atom. The molecule has 9 heteroatoms. The number of benzene rings is 1. The van der Waals surface area contributed by atoms with E-state index >= 15 is 0 Å². The minimum absolute atomic E-state index is 0.0747. The Bertz CT molecular complexity index is 868. The van der Waals surface area contributed by atoms with E-state index < -0.39 is 34.1 Å². The molecule has 0 saturated carbocycles. The Morgan fingerprint density at radius 2 is 2.07 bits per heavy atom. The summed E-state index contributed by atoms with van der Waals surface area (Å²) in [7, 11) is -1.48. The van der Waals surface area contributed by atoms with Gasteiger partial charge < -0.3 is 10.4 Å². The first kappa shape index (κ1) is 20.3. The molecule has 2 unspecified atom stereocenters. The van der Waals surface area contributed by atoms with Gasteiger partial charge in [-0.05, 0) is 11.1 Å². The zero-order chi connectivity index (χ0) is 20.3. The van der Waals surface area contributed by atoms with Crippen molar-refractivity contribution in [1.29, 1.82) is 0 Å². The number of carbonyl (C=O) groups excluding carboxylic acids is 2. The van der Waals surface area contributed by atoms with Gasteiger partial charge in [-0.2, -0.15) is 11.8 Å². The van der Waals surface area contributed by atoms with E-state index in [9.17, 15) is 23.7 Å². The molecule has 28 heavy (non-hydrogen) atoms. The van der Waals surface area contributed by atoms with E-state index in [0.717, 1.165) is 10.5 Å². The fraction of sp³-hybridized carbons (Fsp3) is 0.316. The highest BCUT2D eigenvalue weighted by atomic mass is 32.2. The van der Waals surface area contributed by atoms with Crippen LogP contribution in [0.25, 0.3) is 0 Å². The van der Waals surface area contributed by atoms with Gasteiger partial charge in [-0.1, -0.05) is 36.4 Å². The number of carboxylic acids is 1. The molecule has 2 N–H and O–H groups in total. The number of rotatable bonds is 8. The fourth-order valence-corrected chi connectivity index (χ4v) is 5.82. The van der Waals surface area contributed by atoms with Gasteiger partial charge in [0.05, 0.1) is 23.0 Å². The molecule has 2 amide bonds. The van der Waals surface area contributed by atoms with Gasteiger partial charge in [0.1, 0.15) is 17.1 Å².